The van der Waals surface area contributed by atoms with Crippen LogP contribution in [0.1, 0.15) is 23.8 Å². The molecule has 146 valence electrons. The first-order valence-electron chi connectivity index (χ1n) is 8.47. The number of halogens is 1. The van der Waals surface area contributed by atoms with Gasteiger partial charge in [0.25, 0.3) is 0 Å². The number of hydrogen-bond donors (Lipinski definition) is 3. The fourth-order valence-corrected chi connectivity index (χ4v) is 4.07. The second-order valence-electron chi connectivity index (χ2n) is 6.41. The van der Waals surface area contributed by atoms with Crippen LogP contribution in [0.3, 0.4) is 0 Å². The zero-order valence-electron chi connectivity index (χ0n) is 15.0. The van der Waals surface area contributed by atoms with Crippen molar-refractivity contribution in [2.45, 2.75) is 25.5 Å². The third kappa shape index (κ3) is 4.42. The first kappa shape index (κ1) is 19.7. The number of rotatable bonds is 5. The molecule has 3 N–H and O–H groups in total. The molecular formula is C17H21ClN4O4S. The number of nitrogens with one attached hydrogen (secondary N) is 2. The number of amides is 1. The summed E-state index contributed by atoms with van der Waals surface area (Å²) in [4.78, 5) is 29.7. The summed E-state index contributed by atoms with van der Waals surface area (Å²) in [5.74, 6) is -1.21. The van der Waals surface area contributed by atoms with E-state index in [-0.39, 0.29) is 23.7 Å². The molecular weight excluding hydrogens is 392 g/mol. The fraction of sp³-hybridized carbons (Fsp3) is 0.471. The number of methoxy groups -OCH3 is 1. The van der Waals surface area contributed by atoms with Crippen LogP contribution in [0.25, 0.3) is 0 Å². The Kier molecular flexibility index (Phi) is 6.03. The molecule has 1 fully saturated rings. The van der Waals surface area contributed by atoms with E-state index in [4.69, 9.17) is 21.4 Å². The number of carboxylic acid groups (broad SMARTS) is 1. The minimum atomic E-state index is -1.04. The van der Waals surface area contributed by atoms with Crippen molar-refractivity contribution in [2.24, 2.45) is 0 Å². The van der Waals surface area contributed by atoms with Gasteiger partial charge in [-0.1, -0.05) is 11.6 Å². The lowest BCUT2D eigenvalue weighted by atomic mass is 10.0. The third-order valence-corrected chi connectivity index (χ3v) is 5.95. The first-order chi connectivity index (χ1) is 12.9. The molecule has 0 saturated carbocycles. The number of piperidine rings is 1. The van der Waals surface area contributed by atoms with Crippen molar-refractivity contribution in [3.8, 4) is 0 Å². The van der Waals surface area contributed by atoms with Crippen LogP contribution in [-0.4, -0.2) is 60.9 Å². The number of carboxylic acids is 1. The predicted octanol–water partition coefficient (Wildman–Crippen LogP) is 1.55. The molecule has 2 aliphatic heterocycles. The molecule has 1 aromatic heterocycles. The zero-order chi connectivity index (χ0) is 19.6. The monoisotopic (exact) mass is 412 g/mol. The standard InChI is InChI=1S/C17H21ClN4O4S/c1-9-11(18)5-10(6-19-9)15(23)20-12-3-4-22(7-14(12)26-2)17-21-13(8-27-17)16(24)25/h5,8,12,14,19H,3-4,6-7H2,1-2H3,(H,20,23)(H,24,25). The number of thiazole rings is 1. The molecule has 10 heteroatoms. The van der Waals surface area contributed by atoms with Gasteiger partial charge in [-0.15, -0.1) is 11.3 Å². The van der Waals surface area contributed by atoms with Crippen molar-refractivity contribution in [2.75, 3.05) is 31.6 Å². The highest BCUT2D eigenvalue weighted by molar-refractivity contribution is 7.13. The molecule has 2 unspecified atom stereocenters. The van der Waals surface area contributed by atoms with Gasteiger partial charge in [-0.3, -0.25) is 4.79 Å². The number of anilines is 1. The van der Waals surface area contributed by atoms with Gasteiger partial charge in [0.05, 0.1) is 17.2 Å². The van der Waals surface area contributed by atoms with Crippen LogP contribution in [0.15, 0.2) is 27.8 Å². The summed E-state index contributed by atoms with van der Waals surface area (Å²) < 4.78 is 5.57. The molecule has 27 heavy (non-hydrogen) atoms. The van der Waals surface area contributed by atoms with Crippen LogP contribution in [0.2, 0.25) is 0 Å². The number of hydrogen-bond acceptors (Lipinski definition) is 7. The second-order valence-corrected chi connectivity index (χ2v) is 7.65. The van der Waals surface area contributed by atoms with Crippen molar-refractivity contribution in [3.63, 3.8) is 0 Å². The van der Waals surface area contributed by atoms with E-state index in [1.165, 1.54) is 16.7 Å². The molecule has 3 heterocycles. The first-order valence-corrected chi connectivity index (χ1v) is 9.73. The molecule has 1 amide bonds. The Morgan fingerprint density at radius 3 is 2.93 bits per heavy atom. The van der Waals surface area contributed by atoms with Crippen molar-refractivity contribution >= 4 is 39.9 Å². The van der Waals surface area contributed by atoms with Gasteiger partial charge in [0.2, 0.25) is 5.91 Å². The summed E-state index contributed by atoms with van der Waals surface area (Å²) in [6.45, 7) is 3.46. The van der Waals surface area contributed by atoms with Crippen LogP contribution >= 0.6 is 22.9 Å². The van der Waals surface area contributed by atoms with E-state index in [2.05, 4.69) is 15.6 Å². The topological polar surface area (TPSA) is 104 Å². The number of dihydropyridines is 1. The van der Waals surface area contributed by atoms with E-state index < -0.39 is 5.97 Å². The summed E-state index contributed by atoms with van der Waals surface area (Å²) in [6, 6.07) is -0.149. The molecule has 3 rings (SSSR count). The number of ether oxygens (including phenoxy) is 1. The fourth-order valence-electron chi connectivity index (χ4n) is 3.03. The lowest BCUT2D eigenvalue weighted by Gasteiger charge is -2.38. The molecule has 0 radical (unpaired) electrons. The lowest BCUT2D eigenvalue weighted by molar-refractivity contribution is -0.119. The molecule has 8 nitrogen and oxygen atoms in total. The Labute approximate surface area is 165 Å². The highest BCUT2D eigenvalue weighted by Crippen LogP contribution is 2.25. The number of aromatic nitrogens is 1. The minimum absolute atomic E-state index is 0.0383. The average Bonchev–Trinajstić information content (AvgIpc) is 3.14. The number of carbonyl (C=O) groups excluding carboxylic acids is 1. The van der Waals surface area contributed by atoms with E-state index in [9.17, 15) is 9.59 Å². The Morgan fingerprint density at radius 1 is 1.52 bits per heavy atom. The SMILES string of the molecule is COC1CN(c2nc(C(=O)O)cs2)CCC1NC(=O)C1=CC(Cl)=C(C)NC1. The Bertz CT molecular complexity index is 807. The van der Waals surface area contributed by atoms with E-state index in [0.717, 1.165) is 5.70 Å². The molecule has 0 aliphatic carbocycles. The second kappa shape index (κ2) is 8.28. The smallest absolute Gasteiger partial charge is 0.355 e. The highest BCUT2D eigenvalue weighted by atomic mass is 35.5. The maximum atomic E-state index is 12.6. The van der Waals surface area contributed by atoms with E-state index in [1.807, 2.05) is 11.8 Å². The van der Waals surface area contributed by atoms with Crippen LogP contribution in [0.5, 0.6) is 0 Å². The van der Waals surface area contributed by atoms with Crippen LogP contribution < -0.4 is 15.5 Å². The maximum absolute atomic E-state index is 12.6. The Hall–Kier alpha value is -2.10. The summed E-state index contributed by atoms with van der Waals surface area (Å²) in [5, 5.41) is 17.8. The van der Waals surface area contributed by atoms with Crippen LogP contribution in [0.4, 0.5) is 5.13 Å². The van der Waals surface area contributed by atoms with Gasteiger partial charge in [-0.25, -0.2) is 9.78 Å². The number of carbonyl (C=O) groups is 2. The van der Waals surface area contributed by atoms with Gasteiger partial charge in [0, 0.05) is 43.4 Å². The summed E-state index contributed by atoms with van der Waals surface area (Å²) in [6.07, 6.45) is 2.11. The number of nitrogens with zero attached hydrogens (tertiary/aromatic N) is 2. The largest absolute Gasteiger partial charge is 0.476 e. The van der Waals surface area contributed by atoms with Gasteiger partial charge < -0.3 is 25.4 Å². The van der Waals surface area contributed by atoms with E-state index >= 15 is 0 Å². The van der Waals surface area contributed by atoms with Crippen molar-refractivity contribution in [1.82, 2.24) is 15.6 Å². The summed E-state index contributed by atoms with van der Waals surface area (Å²) in [5.41, 5.74) is 1.46. The highest BCUT2D eigenvalue weighted by Gasteiger charge is 2.32. The van der Waals surface area contributed by atoms with Crippen LogP contribution in [0, 0.1) is 0 Å². The normalized spacial score (nSPS) is 22.9. The zero-order valence-corrected chi connectivity index (χ0v) is 16.6. The van der Waals surface area contributed by atoms with Crippen LogP contribution in [-0.2, 0) is 9.53 Å². The van der Waals surface area contributed by atoms with Crippen molar-refractivity contribution in [1.29, 1.82) is 0 Å². The predicted molar refractivity (Wildman–Crippen MR) is 103 cm³/mol. The number of aromatic carboxylic acids is 1. The molecule has 1 aromatic rings. The molecule has 0 bridgehead atoms. The minimum Gasteiger partial charge on any atom is -0.476 e. The lowest BCUT2D eigenvalue weighted by Crippen LogP contribution is -2.55. The molecule has 2 atom stereocenters. The Balaban J connectivity index is 1.64. The maximum Gasteiger partial charge on any atom is 0.355 e. The summed E-state index contributed by atoms with van der Waals surface area (Å²) in [7, 11) is 1.60. The quantitative estimate of drug-likeness (QED) is 0.674. The Morgan fingerprint density at radius 2 is 2.30 bits per heavy atom. The molecule has 2 aliphatic rings. The van der Waals surface area contributed by atoms with Crippen molar-refractivity contribution in [3.05, 3.63) is 33.5 Å². The molecule has 0 aromatic carbocycles. The van der Waals surface area contributed by atoms with Gasteiger partial charge >= 0.3 is 5.97 Å². The van der Waals surface area contributed by atoms with Gasteiger partial charge in [-0.2, -0.15) is 0 Å². The molecule has 1 saturated heterocycles. The van der Waals surface area contributed by atoms with Gasteiger partial charge in [0.1, 0.15) is 0 Å². The number of allylic oxidation sites excluding steroid dienone is 3. The van der Waals surface area contributed by atoms with Gasteiger partial charge in [0.15, 0.2) is 10.8 Å². The average molecular weight is 413 g/mol. The molecule has 0 spiro atoms. The van der Waals surface area contributed by atoms with Crippen molar-refractivity contribution < 1.29 is 19.4 Å². The third-order valence-electron chi connectivity index (χ3n) is 4.65. The van der Waals surface area contributed by atoms with Gasteiger partial charge in [-0.05, 0) is 19.4 Å². The van der Waals surface area contributed by atoms with E-state index in [0.29, 0.717) is 41.8 Å². The van der Waals surface area contributed by atoms with E-state index in [1.54, 1.807) is 13.2 Å². The summed E-state index contributed by atoms with van der Waals surface area (Å²) >= 11 is 7.39.